The van der Waals surface area contributed by atoms with Gasteiger partial charge in [-0.3, -0.25) is 4.98 Å². The van der Waals surface area contributed by atoms with Crippen LogP contribution < -0.4 is 10.2 Å². The third kappa shape index (κ3) is 4.92. The number of aromatic nitrogens is 1. The Morgan fingerprint density at radius 3 is 2.79 bits per heavy atom. The number of nitrogens with one attached hydrogen (secondary N) is 1. The van der Waals surface area contributed by atoms with Gasteiger partial charge in [0.15, 0.2) is 0 Å². The summed E-state index contributed by atoms with van der Waals surface area (Å²) in [5, 5.41) is 3.44. The van der Waals surface area contributed by atoms with Crippen molar-refractivity contribution < 1.29 is 0 Å². The summed E-state index contributed by atoms with van der Waals surface area (Å²) in [4.78, 5) is 6.66. The summed E-state index contributed by atoms with van der Waals surface area (Å²) < 4.78 is 0. The lowest BCUT2D eigenvalue weighted by atomic mass is 10.1. The smallest absolute Gasteiger partial charge is 0.0791 e. The molecule has 1 aromatic rings. The summed E-state index contributed by atoms with van der Waals surface area (Å²) in [7, 11) is 0. The largest absolute Gasteiger partial charge is 0.360 e. The van der Waals surface area contributed by atoms with E-state index in [1.54, 1.807) is 0 Å². The zero-order valence-electron chi connectivity index (χ0n) is 12.5. The Morgan fingerprint density at radius 1 is 1.47 bits per heavy atom. The second-order valence-corrected chi connectivity index (χ2v) is 5.12. The maximum Gasteiger partial charge on any atom is 0.0791 e. The molecule has 3 heteroatoms. The van der Waals surface area contributed by atoms with Crippen LogP contribution in [0.4, 0.5) is 5.69 Å². The zero-order valence-corrected chi connectivity index (χ0v) is 12.5. The summed E-state index contributed by atoms with van der Waals surface area (Å²) in [5.41, 5.74) is 3.45. The van der Waals surface area contributed by atoms with Crippen molar-refractivity contribution in [3.05, 3.63) is 23.5 Å². The first kappa shape index (κ1) is 15.5. The molecule has 1 N–H and O–H groups in total. The summed E-state index contributed by atoms with van der Waals surface area (Å²) >= 11 is 0. The molecule has 0 aliphatic carbocycles. The monoisotopic (exact) mass is 259 g/mol. The minimum atomic E-state index is 0.460. The predicted octanol–water partition coefficient (Wildman–Crippen LogP) is 2.74. The van der Waals surface area contributed by atoms with Gasteiger partial charge in [0.05, 0.1) is 6.54 Å². The van der Waals surface area contributed by atoms with E-state index in [9.17, 15) is 0 Å². The van der Waals surface area contributed by atoms with E-state index >= 15 is 0 Å². The van der Waals surface area contributed by atoms with Crippen LogP contribution in [0.3, 0.4) is 0 Å². The lowest BCUT2D eigenvalue weighted by Gasteiger charge is -2.25. The molecule has 0 aliphatic heterocycles. The molecule has 0 fully saturated rings. The van der Waals surface area contributed by atoms with E-state index in [4.69, 9.17) is 6.42 Å². The molecular weight excluding hydrogens is 234 g/mol. The Hall–Kier alpha value is -1.53. The Kier molecular flexibility index (Phi) is 6.38. The number of hydrogen-bond acceptors (Lipinski definition) is 3. The van der Waals surface area contributed by atoms with Gasteiger partial charge in [-0.25, -0.2) is 0 Å². The standard InChI is InChI=1S/C16H25N3/c1-6-8-19(9-7-2)16-10-14(5)18-12-15(16)11-17-13(3)4/h1,10,12-13,17H,7-9,11H2,2-5H3. The van der Waals surface area contributed by atoms with Crippen LogP contribution in [-0.2, 0) is 6.54 Å². The molecule has 0 amide bonds. The van der Waals surface area contributed by atoms with Crippen LogP contribution in [0.1, 0.15) is 38.4 Å². The van der Waals surface area contributed by atoms with Crippen molar-refractivity contribution in [1.82, 2.24) is 10.3 Å². The normalized spacial score (nSPS) is 10.5. The minimum absolute atomic E-state index is 0.460. The van der Waals surface area contributed by atoms with E-state index in [-0.39, 0.29) is 0 Å². The molecule has 1 heterocycles. The van der Waals surface area contributed by atoms with Gasteiger partial charge < -0.3 is 10.2 Å². The first-order valence-electron chi connectivity index (χ1n) is 6.95. The Balaban J connectivity index is 3.00. The fraction of sp³-hybridized carbons (Fsp3) is 0.562. The lowest BCUT2D eigenvalue weighted by Crippen LogP contribution is -2.28. The second-order valence-electron chi connectivity index (χ2n) is 5.12. The van der Waals surface area contributed by atoms with Crippen molar-refractivity contribution in [2.45, 2.75) is 46.7 Å². The molecule has 0 saturated heterocycles. The van der Waals surface area contributed by atoms with E-state index in [0.29, 0.717) is 12.6 Å². The third-order valence-corrected chi connectivity index (χ3v) is 2.92. The van der Waals surface area contributed by atoms with Crippen LogP contribution in [0.5, 0.6) is 0 Å². The average Bonchev–Trinajstić information content (AvgIpc) is 2.37. The Morgan fingerprint density at radius 2 is 2.21 bits per heavy atom. The second kappa shape index (κ2) is 7.81. The number of aryl methyl sites for hydroxylation is 1. The molecule has 0 unspecified atom stereocenters. The Labute approximate surface area is 117 Å². The van der Waals surface area contributed by atoms with Gasteiger partial charge in [-0.05, 0) is 19.4 Å². The van der Waals surface area contributed by atoms with Crippen molar-refractivity contribution in [3.8, 4) is 12.3 Å². The van der Waals surface area contributed by atoms with Gasteiger partial charge in [-0.15, -0.1) is 6.42 Å². The number of nitrogens with zero attached hydrogens (tertiary/aromatic N) is 2. The molecule has 0 aromatic carbocycles. The number of rotatable bonds is 7. The summed E-state index contributed by atoms with van der Waals surface area (Å²) in [6, 6.07) is 2.59. The lowest BCUT2D eigenvalue weighted by molar-refractivity contribution is 0.587. The van der Waals surface area contributed by atoms with Crippen LogP contribution >= 0.6 is 0 Å². The first-order valence-corrected chi connectivity index (χ1v) is 6.95. The maximum absolute atomic E-state index is 5.48. The molecule has 0 bridgehead atoms. The fourth-order valence-corrected chi connectivity index (χ4v) is 1.98. The molecule has 1 rings (SSSR count). The molecule has 0 aliphatic rings. The van der Waals surface area contributed by atoms with E-state index in [2.05, 4.69) is 48.0 Å². The zero-order chi connectivity index (χ0) is 14.3. The van der Waals surface area contributed by atoms with Gasteiger partial charge >= 0.3 is 0 Å². The van der Waals surface area contributed by atoms with E-state index in [0.717, 1.165) is 25.2 Å². The van der Waals surface area contributed by atoms with E-state index < -0.39 is 0 Å². The molecule has 1 aromatic heterocycles. The third-order valence-electron chi connectivity index (χ3n) is 2.92. The molecule has 0 spiro atoms. The fourth-order valence-electron chi connectivity index (χ4n) is 1.98. The SMILES string of the molecule is C#CCN(CCC)c1cc(C)ncc1CNC(C)C. The van der Waals surface area contributed by atoms with Crippen LogP contribution in [0.2, 0.25) is 0 Å². The Bertz CT molecular complexity index is 432. The van der Waals surface area contributed by atoms with Crippen LogP contribution in [0.15, 0.2) is 12.3 Å². The highest BCUT2D eigenvalue weighted by molar-refractivity contribution is 5.54. The summed E-state index contributed by atoms with van der Waals surface area (Å²) in [6.45, 7) is 10.9. The number of pyridine rings is 1. The van der Waals surface area contributed by atoms with Crippen molar-refractivity contribution in [2.24, 2.45) is 0 Å². The van der Waals surface area contributed by atoms with Gasteiger partial charge in [0.25, 0.3) is 0 Å². The highest BCUT2D eigenvalue weighted by atomic mass is 15.1. The van der Waals surface area contributed by atoms with Crippen LogP contribution in [0, 0.1) is 19.3 Å². The van der Waals surface area contributed by atoms with Gasteiger partial charge in [0.1, 0.15) is 0 Å². The van der Waals surface area contributed by atoms with Gasteiger partial charge in [-0.1, -0.05) is 26.7 Å². The summed E-state index contributed by atoms with van der Waals surface area (Å²) in [6.07, 6.45) is 8.53. The molecule has 0 radical (unpaired) electrons. The van der Waals surface area contributed by atoms with Crippen LogP contribution in [-0.4, -0.2) is 24.1 Å². The quantitative estimate of drug-likeness (QED) is 0.763. The van der Waals surface area contributed by atoms with E-state index in [1.165, 1.54) is 11.3 Å². The van der Waals surface area contributed by atoms with E-state index in [1.807, 2.05) is 13.1 Å². The highest BCUT2D eigenvalue weighted by Crippen LogP contribution is 2.21. The number of anilines is 1. The van der Waals surface area contributed by atoms with Gasteiger partial charge in [0, 0.05) is 42.3 Å². The average molecular weight is 259 g/mol. The van der Waals surface area contributed by atoms with Crippen LogP contribution in [0.25, 0.3) is 0 Å². The number of terminal acetylenes is 1. The molecule has 104 valence electrons. The molecule has 3 nitrogen and oxygen atoms in total. The van der Waals surface area contributed by atoms with Crippen molar-refractivity contribution >= 4 is 5.69 Å². The van der Waals surface area contributed by atoms with Gasteiger partial charge in [-0.2, -0.15) is 0 Å². The molecule has 19 heavy (non-hydrogen) atoms. The minimum Gasteiger partial charge on any atom is -0.360 e. The van der Waals surface area contributed by atoms with Gasteiger partial charge in [0.2, 0.25) is 0 Å². The predicted molar refractivity (Wildman–Crippen MR) is 82.3 cm³/mol. The first-order chi connectivity index (χ1) is 9.08. The summed E-state index contributed by atoms with van der Waals surface area (Å²) in [5.74, 6) is 2.75. The van der Waals surface area contributed by atoms with Crippen molar-refractivity contribution in [2.75, 3.05) is 18.0 Å². The maximum atomic E-state index is 5.48. The topological polar surface area (TPSA) is 28.2 Å². The molecular formula is C16H25N3. The molecule has 0 atom stereocenters. The number of hydrogen-bond donors (Lipinski definition) is 1. The molecule has 0 saturated carbocycles. The van der Waals surface area contributed by atoms with Crippen molar-refractivity contribution in [1.29, 1.82) is 0 Å². The van der Waals surface area contributed by atoms with Crippen molar-refractivity contribution in [3.63, 3.8) is 0 Å². The highest BCUT2D eigenvalue weighted by Gasteiger charge is 2.11.